The molecule has 0 saturated carbocycles. The Morgan fingerprint density at radius 2 is 1.68 bits per heavy atom. The summed E-state index contributed by atoms with van der Waals surface area (Å²) in [5.74, 6) is -0.264. The number of carbonyl (C=O) groups excluding carboxylic acids is 1. The van der Waals surface area contributed by atoms with Gasteiger partial charge in [-0.1, -0.05) is 44.2 Å². The van der Waals surface area contributed by atoms with Gasteiger partial charge >= 0.3 is 0 Å². The lowest BCUT2D eigenvalue weighted by Crippen LogP contribution is -2.40. The van der Waals surface area contributed by atoms with Crippen LogP contribution in [-0.2, 0) is 14.8 Å². The highest BCUT2D eigenvalue weighted by molar-refractivity contribution is 7.89. The highest BCUT2D eigenvalue weighted by Crippen LogP contribution is 2.25. The van der Waals surface area contributed by atoms with Crippen molar-refractivity contribution in [3.63, 3.8) is 0 Å². The van der Waals surface area contributed by atoms with Gasteiger partial charge in [-0.15, -0.1) is 0 Å². The monoisotopic (exact) mass is 536 g/mol. The van der Waals surface area contributed by atoms with Gasteiger partial charge in [0.15, 0.2) is 0 Å². The van der Waals surface area contributed by atoms with Crippen molar-refractivity contribution in [2.75, 3.05) is 25.5 Å². The molecule has 1 amide bonds. The second-order valence-electron chi connectivity index (χ2n) is 9.08. The molecule has 0 radical (unpaired) electrons. The van der Waals surface area contributed by atoms with Crippen LogP contribution in [0.1, 0.15) is 13.8 Å². The lowest BCUT2D eigenvalue weighted by Gasteiger charge is -2.23. The lowest BCUT2D eigenvalue weighted by atomic mass is 10.2. The minimum Gasteiger partial charge on any atom is -0.497 e. The highest BCUT2D eigenvalue weighted by Gasteiger charge is 2.28. The standard InChI is InChI=1S/C28H29FN4O4S/c1-20(2)17-32(38(35,36)25-15-13-24(37-3)14-16-25)19-27(34)31-28-30-26(21-7-5-4-6-8-21)18-33(28)23-11-9-22(29)10-12-23/h4-16,18,20H,17,19H2,1-3H3,(H,30,31,34). The van der Waals surface area contributed by atoms with E-state index < -0.39 is 28.3 Å². The summed E-state index contributed by atoms with van der Waals surface area (Å²) >= 11 is 0. The van der Waals surface area contributed by atoms with Crippen LogP contribution in [0, 0.1) is 11.7 Å². The fourth-order valence-corrected chi connectivity index (χ4v) is 5.45. The predicted molar refractivity (Wildman–Crippen MR) is 144 cm³/mol. The molecule has 38 heavy (non-hydrogen) atoms. The van der Waals surface area contributed by atoms with Gasteiger partial charge < -0.3 is 4.74 Å². The Morgan fingerprint density at radius 1 is 1.03 bits per heavy atom. The van der Waals surface area contributed by atoms with Crippen molar-refractivity contribution in [1.82, 2.24) is 13.9 Å². The summed E-state index contributed by atoms with van der Waals surface area (Å²) in [6.45, 7) is 3.48. The number of methoxy groups -OCH3 is 1. The molecule has 1 N–H and O–H groups in total. The Balaban J connectivity index is 1.63. The van der Waals surface area contributed by atoms with E-state index >= 15 is 0 Å². The molecule has 0 aliphatic rings. The Bertz CT molecular complexity index is 1490. The van der Waals surface area contributed by atoms with Gasteiger partial charge in [0.1, 0.15) is 11.6 Å². The molecule has 10 heteroatoms. The molecule has 0 fully saturated rings. The second-order valence-corrected chi connectivity index (χ2v) is 11.0. The van der Waals surface area contributed by atoms with Gasteiger partial charge in [-0.25, -0.2) is 17.8 Å². The van der Waals surface area contributed by atoms with Crippen molar-refractivity contribution >= 4 is 21.9 Å². The van der Waals surface area contributed by atoms with Crippen LogP contribution in [0.3, 0.4) is 0 Å². The molecule has 1 heterocycles. The van der Waals surface area contributed by atoms with Gasteiger partial charge in [-0.2, -0.15) is 4.31 Å². The summed E-state index contributed by atoms with van der Waals surface area (Å²) < 4.78 is 48.3. The summed E-state index contributed by atoms with van der Waals surface area (Å²) in [6.07, 6.45) is 1.73. The first kappa shape index (κ1) is 27.0. The van der Waals surface area contributed by atoms with E-state index in [0.29, 0.717) is 17.1 Å². The molecular formula is C28H29FN4O4S. The number of ether oxygens (including phenoxy) is 1. The van der Waals surface area contributed by atoms with E-state index in [2.05, 4.69) is 10.3 Å². The van der Waals surface area contributed by atoms with E-state index in [1.165, 1.54) is 31.4 Å². The van der Waals surface area contributed by atoms with E-state index in [1.807, 2.05) is 44.2 Å². The van der Waals surface area contributed by atoms with E-state index in [1.54, 1.807) is 35.0 Å². The van der Waals surface area contributed by atoms with E-state index in [-0.39, 0.29) is 23.3 Å². The third-order valence-electron chi connectivity index (χ3n) is 5.72. The van der Waals surface area contributed by atoms with Crippen LogP contribution in [-0.4, -0.2) is 48.4 Å². The summed E-state index contributed by atoms with van der Waals surface area (Å²) in [5.41, 5.74) is 2.00. The van der Waals surface area contributed by atoms with Crippen molar-refractivity contribution < 1.29 is 22.3 Å². The normalized spacial score (nSPS) is 11.6. The molecule has 0 atom stereocenters. The third-order valence-corrected chi connectivity index (χ3v) is 7.54. The maximum atomic E-state index is 13.6. The number of sulfonamides is 1. The molecule has 0 aliphatic heterocycles. The number of anilines is 1. The van der Waals surface area contributed by atoms with Gasteiger partial charge in [0, 0.05) is 24.0 Å². The van der Waals surface area contributed by atoms with Crippen molar-refractivity contribution in [3.05, 3.63) is 90.9 Å². The predicted octanol–water partition coefficient (Wildman–Crippen LogP) is 4.97. The number of imidazole rings is 1. The SMILES string of the molecule is COc1ccc(S(=O)(=O)N(CC(=O)Nc2nc(-c3ccccc3)cn2-c2ccc(F)cc2)CC(C)C)cc1. The van der Waals surface area contributed by atoms with Crippen molar-refractivity contribution in [2.24, 2.45) is 5.92 Å². The molecule has 198 valence electrons. The van der Waals surface area contributed by atoms with Crippen molar-refractivity contribution in [1.29, 1.82) is 0 Å². The summed E-state index contributed by atoms with van der Waals surface area (Å²) in [5, 5.41) is 2.75. The Kier molecular flexibility index (Phi) is 8.23. The van der Waals surface area contributed by atoms with Gasteiger partial charge in [-0.3, -0.25) is 14.7 Å². The van der Waals surface area contributed by atoms with E-state index in [0.717, 1.165) is 9.87 Å². The first-order valence-electron chi connectivity index (χ1n) is 12.0. The van der Waals surface area contributed by atoms with Crippen LogP contribution >= 0.6 is 0 Å². The van der Waals surface area contributed by atoms with E-state index in [4.69, 9.17) is 4.74 Å². The van der Waals surface area contributed by atoms with Crippen LogP contribution in [0.2, 0.25) is 0 Å². The minimum absolute atomic E-state index is 0.0262. The number of aromatic nitrogens is 2. The van der Waals surface area contributed by atoms with Crippen LogP contribution in [0.5, 0.6) is 5.75 Å². The van der Waals surface area contributed by atoms with Gasteiger partial charge in [-0.05, 0) is 54.4 Å². The fourth-order valence-electron chi connectivity index (χ4n) is 3.89. The third kappa shape index (κ3) is 6.27. The van der Waals surface area contributed by atoms with Crippen LogP contribution < -0.4 is 10.1 Å². The molecule has 0 spiro atoms. The second kappa shape index (κ2) is 11.6. The number of nitrogens with zero attached hydrogens (tertiary/aromatic N) is 3. The fraction of sp³-hybridized carbons (Fsp3) is 0.214. The largest absolute Gasteiger partial charge is 0.497 e. The average Bonchev–Trinajstić information content (AvgIpc) is 3.32. The highest BCUT2D eigenvalue weighted by atomic mass is 32.2. The van der Waals surface area contributed by atoms with E-state index in [9.17, 15) is 17.6 Å². The number of nitrogens with one attached hydrogen (secondary N) is 1. The molecule has 0 saturated heterocycles. The molecule has 0 aliphatic carbocycles. The quantitative estimate of drug-likeness (QED) is 0.309. The van der Waals surface area contributed by atoms with Crippen molar-refractivity contribution in [2.45, 2.75) is 18.7 Å². The number of halogens is 1. The molecule has 3 aromatic carbocycles. The maximum Gasteiger partial charge on any atom is 0.243 e. The zero-order valence-electron chi connectivity index (χ0n) is 21.3. The van der Waals surface area contributed by atoms with Crippen LogP contribution in [0.15, 0.2) is 90.0 Å². The van der Waals surface area contributed by atoms with Crippen LogP contribution in [0.25, 0.3) is 16.9 Å². The number of benzene rings is 3. The van der Waals surface area contributed by atoms with Gasteiger partial charge in [0.05, 0.1) is 24.2 Å². The summed E-state index contributed by atoms with van der Waals surface area (Å²) in [4.78, 5) is 17.9. The number of carbonyl (C=O) groups is 1. The molecule has 8 nitrogen and oxygen atoms in total. The molecule has 0 bridgehead atoms. The van der Waals surface area contributed by atoms with Gasteiger partial charge in [0.25, 0.3) is 0 Å². The topological polar surface area (TPSA) is 93.5 Å². The zero-order valence-corrected chi connectivity index (χ0v) is 22.2. The number of hydrogen-bond acceptors (Lipinski definition) is 5. The molecular weight excluding hydrogens is 507 g/mol. The summed E-state index contributed by atoms with van der Waals surface area (Å²) in [7, 11) is -2.47. The average molecular weight is 537 g/mol. The molecule has 1 aromatic heterocycles. The Labute approximate surface area is 221 Å². The van der Waals surface area contributed by atoms with Crippen molar-refractivity contribution in [3.8, 4) is 22.7 Å². The minimum atomic E-state index is -3.97. The summed E-state index contributed by atoms with van der Waals surface area (Å²) in [6, 6.07) is 21.2. The lowest BCUT2D eigenvalue weighted by molar-refractivity contribution is -0.116. The smallest absolute Gasteiger partial charge is 0.243 e. The molecule has 0 unspecified atom stereocenters. The Hall–Kier alpha value is -4.02. The van der Waals surface area contributed by atoms with Gasteiger partial charge in [0.2, 0.25) is 21.9 Å². The molecule has 4 aromatic rings. The number of hydrogen-bond donors (Lipinski definition) is 1. The molecule has 4 rings (SSSR count). The first-order valence-corrected chi connectivity index (χ1v) is 13.5. The van der Waals surface area contributed by atoms with Crippen LogP contribution in [0.4, 0.5) is 10.3 Å². The first-order chi connectivity index (χ1) is 18.2. The maximum absolute atomic E-state index is 13.6. The Morgan fingerprint density at radius 3 is 2.29 bits per heavy atom. The number of rotatable bonds is 10. The zero-order chi connectivity index (χ0) is 27.3. The number of amides is 1.